The monoisotopic (exact) mass is 335 g/mol. The van der Waals surface area contributed by atoms with Gasteiger partial charge in [0.05, 0.1) is 10.7 Å². The van der Waals surface area contributed by atoms with Gasteiger partial charge in [-0.2, -0.15) is 0 Å². The van der Waals surface area contributed by atoms with Crippen LogP contribution in [-0.2, 0) is 9.59 Å². The largest absolute Gasteiger partial charge is 0.331 e. The molecule has 1 N–H and O–H groups in total. The molecule has 2 fully saturated rings. The highest BCUT2D eigenvalue weighted by Crippen LogP contribution is 2.30. The number of amides is 2. The summed E-state index contributed by atoms with van der Waals surface area (Å²) in [6.45, 7) is 2.64. The van der Waals surface area contributed by atoms with Crippen molar-refractivity contribution in [3.63, 3.8) is 0 Å². The molecule has 2 saturated heterocycles. The number of benzene rings is 1. The van der Waals surface area contributed by atoms with Crippen molar-refractivity contribution in [3.8, 4) is 0 Å². The van der Waals surface area contributed by atoms with Crippen molar-refractivity contribution in [2.75, 3.05) is 32.0 Å². The van der Waals surface area contributed by atoms with Crippen molar-refractivity contribution in [3.05, 3.63) is 29.3 Å². The first kappa shape index (κ1) is 16.3. The molecule has 2 aliphatic rings. The van der Waals surface area contributed by atoms with E-state index < -0.39 is 11.8 Å². The Morgan fingerprint density at radius 3 is 2.78 bits per heavy atom. The number of hydrogen-bond donors (Lipinski definition) is 1. The molecule has 0 unspecified atom stereocenters. The molecule has 2 atom stereocenters. The predicted octanol–water partition coefficient (Wildman–Crippen LogP) is 2.22. The highest BCUT2D eigenvalue weighted by molar-refractivity contribution is 6.41. The van der Waals surface area contributed by atoms with Gasteiger partial charge in [-0.15, -0.1) is 0 Å². The highest BCUT2D eigenvalue weighted by atomic mass is 35.5. The summed E-state index contributed by atoms with van der Waals surface area (Å²) in [5, 5.41) is 3.07. The number of nitrogens with one attached hydrogen (secondary N) is 1. The molecular weight excluding hydrogens is 314 g/mol. The number of hydrogen-bond acceptors (Lipinski definition) is 3. The Labute approximate surface area is 141 Å². The quantitative estimate of drug-likeness (QED) is 0.801. The molecule has 0 saturated carbocycles. The maximum absolute atomic E-state index is 12.6. The molecular formula is C17H22ClN3O2. The third kappa shape index (κ3) is 3.51. The van der Waals surface area contributed by atoms with Gasteiger partial charge in [-0.05, 0) is 50.9 Å². The Bertz CT molecular complexity index is 607. The number of para-hydroxylation sites is 1. The molecule has 0 aromatic heterocycles. The lowest BCUT2D eigenvalue weighted by molar-refractivity contribution is -0.148. The van der Waals surface area contributed by atoms with Crippen LogP contribution in [-0.4, -0.2) is 54.3 Å². The van der Waals surface area contributed by atoms with Gasteiger partial charge in [0.25, 0.3) is 0 Å². The van der Waals surface area contributed by atoms with Crippen molar-refractivity contribution in [1.29, 1.82) is 0 Å². The maximum atomic E-state index is 12.6. The van der Waals surface area contributed by atoms with Crippen LogP contribution in [0, 0.1) is 5.92 Å². The van der Waals surface area contributed by atoms with Crippen LogP contribution >= 0.6 is 11.6 Å². The second kappa shape index (κ2) is 6.89. The number of rotatable bonds is 1. The van der Waals surface area contributed by atoms with Crippen LogP contribution in [0.1, 0.15) is 19.3 Å². The maximum Gasteiger partial charge on any atom is 0.313 e. The van der Waals surface area contributed by atoms with Crippen LogP contribution in [0.4, 0.5) is 5.69 Å². The normalized spacial score (nSPS) is 24.9. The van der Waals surface area contributed by atoms with E-state index in [1.807, 2.05) is 0 Å². The molecule has 124 valence electrons. The van der Waals surface area contributed by atoms with Gasteiger partial charge in [0.15, 0.2) is 0 Å². The van der Waals surface area contributed by atoms with E-state index in [0.717, 1.165) is 32.4 Å². The number of nitrogens with zero attached hydrogens (tertiary/aromatic N) is 2. The van der Waals surface area contributed by atoms with Crippen molar-refractivity contribution in [2.24, 2.45) is 5.92 Å². The molecule has 0 bridgehead atoms. The van der Waals surface area contributed by atoms with Gasteiger partial charge in [-0.1, -0.05) is 23.7 Å². The van der Waals surface area contributed by atoms with Crippen LogP contribution in [0.15, 0.2) is 24.3 Å². The summed E-state index contributed by atoms with van der Waals surface area (Å²) in [5.74, 6) is -0.568. The summed E-state index contributed by atoms with van der Waals surface area (Å²) in [4.78, 5) is 29.0. The van der Waals surface area contributed by atoms with Gasteiger partial charge in [0.2, 0.25) is 0 Å². The lowest BCUT2D eigenvalue weighted by Gasteiger charge is -2.46. The van der Waals surface area contributed by atoms with E-state index in [9.17, 15) is 9.59 Å². The van der Waals surface area contributed by atoms with Gasteiger partial charge in [-0.25, -0.2) is 0 Å². The summed E-state index contributed by atoms with van der Waals surface area (Å²) >= 11 is 6.04. The fraction of sp³-hybridized carbons (Fsp3) is 0.529. The third-order valence-electron chi connectivity index (χ3n) is 4.85. The van der Waals surface area contributed by atoms with Crippen LogP contribution in [0.2, 0.25) is 5.02 Å². The SMILES string of the molecule is CN1CC[C@H]2[C@H](CCCN2C(=O)C(=O)Nc2ccccc2Cl)C1. The first-order valence-corrected chi connectivity index (χ1v) is 8.49. The topological polar surface area (TPSA) is 52.7 Å². The van der Waals surface area contributed by atoms with Crippen molar-refractivity contribution >= 4 is 29.1 Å². The molecule has 23 heavy (non-hydrogen) atoms. The van der Waals surface area contributed by atoms with Crippen LogP contribution in [0.25, 0.3) is 0 Å². The van der Waals surface area contributed by atoms with Crippen LogP contribution in [0.5, 0.6) is 0 Å². The third-order valence-corrected chi connectivity index (χ3v) is 5.18. The summed E-state index contributed by atoms with van der Waals surface area (Å²) in [7, 11) is 2.11. The predicted molar refractivity (Wildman–Crippen MR) is 90.4 cm³/mol. The van der Waals surface area contributed by atoms with E-state index >= 15 is 0 Å². The number of halogens is 1. The van der Waals surface area contributed by atoms with E-state index in [4.69, 9.17) is 11.6 Å². The Balaban J connectivity index is 1.69. The molecule has 2 heterocycles. The number of likely N-dealkylation sites (tertiary alicyclic amines) is 2. The van der Waals surface area contributed by atoms with Crippen LogP contribution < -0.4 is 5.32 Å². The minimum atomic E-state index is -0.599. The van der Waals surface area contributed by atoms with Crippen molar-refractivity contribution in [2.45, 2.75) is 25.3 Å². The fourth-order valence-corrected chi connectivity index (χ4v) is 3.89. The molecule has 5 nitrogen and oxygen atoms in total. The smallest absolute Gasteiger partial charge is 0.313 e. The van der Waals surface area contributed by atoms with Crippen molar-refractivity contribution in [1.82, 2.24) is 9.80 Å². The molecule has 6 heteroatoms. The standard InChI is InChI=1S/C17H22ClN3O2/c1-20-10-8-15-12(11-20)5-4-9-21(15)17(23)16(22)19-14-7-3-2-6-13(14)18/h2-3,6-7,12,15H,4-5,8-11H2,1H3,(H,19,22)/t12-,15+/m1/s1. The Kier molecular flexibility index (Phi) is 4.87. The molecule has 1 aromatic carbocycles. The van der Waals surface area contributed by atoms with Gasteiger partial charge in [0, 0.05) is 19.1 Å². The molecule has 2 aliphatic heterocycles. The first-order chi connectivity index (χ1) is 11.1. The summed E-state index contributed by atoms with van der Waals surface area (Å²) in [5.41, 5.74) is 0.476. The highest BCUT2D eigenvalue weighted by Gasteiger charge is 2.39. The number of carbonyl (C=O) groups excluding carboxylic acids is 2. The summed E-state index contributed by atoms with van der Waals surface area (Å²) in [6, 6.07) is 7.13. The van der Waals surface area contributed by atoms with Gasteiger partial charge in [0.1, 0.15) is 0 Å². The Morgan fingerprint density at radius 2 is 2.00 bits per heavy atom. The Morgan fingerprint density at radius 1 is 1.22 bits per heavy atom. The fourth-order valence-electron chi connectivity index (χ4n) is 3.71. The Hall–Kier alpha value is -1.59. The van der Waals surface area contributed by atoms with Crippen molar-refractivity contribution < 1.29 is 9.59 Å². The summed E-state index contributed by atoms with van der Waals surface area (Å²) in [6.07, 6.45) is 3.03. The van der Waals surface area contributed by atoms with Gasteiger partial charge < -0.3 is 15.1 Å². The first-order valence-electron chi connectivity index (χ1n) is 8.11. The van der Waals surface area contributed by atoms with Gasteiger partial charge >= 0.3 is 11.8 Å². The lowest BCUT2D eigenvalue weighted by Crippen LogP contribution is -2.57. The second-order valence-electron chi connectivity index (χ2n) is 6.45. The number of anilines is 1. The zero-order chi connectivity index (χ0) is 16.4. The number of fused-ring (bicyclic) bond motifs is 1. The van der Waals surface area contributed by atoms with Gasteiger partial charge in [-0.3, -0.25) is 9.59 Å². The molecule has 2 amide bonds. The molecule has 0 aliphatic carbocycles. The number of carbonyl (C=O) groups is 2. The molecule has 1 aromatic rings. The second-order valence-corrected chi connectivity index (χ2v) is 6.86. The lowest BCUT2D eigenvalue weighted by atomic mass is 9.84. The zero-order valence-electron chi connectivity index (χ0n) is 13.3. The van der Waals surface area contributed by atoms with E-state index in [-0.39, 0.29) is 6.04 Å². The summed E-state index contributed by atoms with van der Waals surface area (Å²) < 4.78 is 0. The molecule has 0 spiro atoms. The zero-order valence-corrected chi connectivity index (χ0v) is 14.1. The van der Waals surface area contributed by atoms with E-state index in [0.29, 0.717) is 23.2 Å². The van der Waals surface area contributed by atoms with E-state index in [1.54, 1.807) is 29.2 Å². The minimum Gasteiger partial charge on any atom is -0.331 e. The van der Waals surface area contributed by atoms with E-state index in [1.165, 1.54) is 0 Å². The average molecular weight is 336 g/mol. The number of piperidine rings is 2. The minimum absolute atomic E-state index is 0.185. The average Bonchev–Trinajstić information content (AvgIpc) is 2.55. The van der Waals surface area contributed by atoms with E-state index in [2.05, 4.69) is 17.3 Å². The molecule has 3 rings (SSSR count). The molecule has 0 radical (unpaired) electrons. The van der Waals surface area contributed by atoms with Crippen LogP contribution in [0.3, 0.4) is 0 Å².